The van der Waals surface area contributed by atoms with Crippen molar-refractivity contribution in [3.05, 3.63) is 47.8 Å². The van der Waals surface area contributed by atoms with E-state index in [-0.39, 0.29) is 5.75 Å². The van der Waals surface area contributed by atoms with Gasteiger partial charge in [-0.2, -0.15) is 0 Å². The molecule has 0 amide bonds. The summed E-state index contributed by atoms with van der Waals surface area (Å²) in [6.07, 6.45) is 0. The van der Waals surface area contributed by atoms with Crippen LogP contribution in [0.3, 0.4) is 0 Å². The zero-order valence-corrected chi connectivity index (χ0v) is 12.2. The molecule has 2 rings (SSSR count). The van der Waals surface area contributed by atoms with Crippen molar-refractivity contribution in [3.63, 3.8) is 0 Å². The number of nitrogen functional groups attached to an aromatic ring is 1. The van der Waals surface area contributed by atoms with Crippen LogP contribution in [0.2, 0.25) is 0 Å². The van der Waals surface area contributed by atoms with Crippen molar-refractivity contribution in [1.82, 2.24) is 0 Å². The lowest BCUT2D eigenvalue weighted by atomic mass is 10.2. The van der Waals surface area contributed by atoms with Gasteiger partial charge >= 0.3 is 0 Å². The lowest BCUT2D eigenvalue weighted by Gasteiger charge is -2.12. The van der Waals surface area contributed by atoms with Crippen LogP contribution >= 0.6 is 0 Å². The van der Waals surface area contributed by atoms with E-state index in [9.17, 15) is 4.39 Å². The summed E-state index contributed by atoms with van der Waals surface area (Å²) >= 11 is 0. The predicted octanol–water partition coefficient (Wildman–Crippen LogP) is 3.22. The second-order valence-corrected chi connectivity index (χ2v) is 4.67. The lowest BCUT2D eigenvalue weighted by Crippen LogP contribution is -2.13. The minimum Gasteiger partial charge on any atom is -0.494 e. The zero-order chi connectivity index (χ0) is 15.2. The molecule has 0 heterocycles. The Bertz CT molecular complexity index is 617. The first-order chi connectivity index (χ1) is 10.1. The number of anilines is 2. The van der Waals surface area contributed by atoms with E-state index in [1.165, 1.54) is 19.2 Å². The van der Waals surface area contributed by atoms with E-state index >= 15 is 0 Å². The van der Waals surface area contributed by atoms with Crippen LogP contribution in [0.4, 0.5) is 15.8 Å². The van der Waals surface area contributed by atoms with Gasteiger partial charge in [0.05, 0.1) is 18.5 Å². The number of nitrogens with two attached hydrogens (primary N) is 1. The molecule has 0 aliphatic rings. The van der Waals surface area contributed by atoms with Crippen LogP contribution in [0.15, 0.2) is 36.4 Å². The highest BCUT2D eigenvalue weighted by Gasteiger charge is 2.07. The third kappa shape index (κ3) is 4.02. The lowest BCUT2D eigenvalue weighted by molar-refractivity contribution is 0.332. The van der Waals surface area contributed by atoms with Gasteiger partial charge in [0, 0.05) is 18.7 Å². The molecule has 112 valence electrons. The van der Waals surface area contributed by atoms with E-state index in [2.05, 4.69) is 5.32 Å². The standard InChI is InChI=1S/C16H19FN2O2/c1-11-4-3-5-12(8-11)21-7-6-19-15-10-16(20-2)13(17)9-14(15)18/h3-5,8-10,19H,6-7,18H2,1-2H3. The number of rotatable bonds is 6. The van der Waals surface area contributed by atoms with Gasteiger partial charge < -0.3 is 20.5 Å². The Hall–Kier alpha value is -2.43. The van der Waals surface area contributed by atoms with E-state index in [1.807, 2.05) is 31.2 Å². The fourth-order valence-electron chi connectivity index (χ4n) is 1.94. The molecule has 0 aliphatic carbocycles. The van der Waals surface area contributed by atoms with Crippen molar-refractivity contribution in [2.24, 2.45) is 0 Å². The van der Waals surface area contributed by atoms with Gasteiger partial charge in [-0.3, -0.25) is 0 Å². The van der Waals surface area contributed by atoms with E-state index in [1.54, 1.807) is 0 Å². The summed E-state index contributed by atoms with van der Waals surface area (Å²) in [5.74, 6) is 0.504. The summed E-state index contributed by atoms with van der Waals surface area (Å²) in [7, 11) is 1.42. The number of benzene rings is 2. The molecule has 2 aromatic rings. The van der Waals surface area contributed by atoms with Gasteiger partial charge in [-0.05, 0) is 24.6 Å². The van der Waals surface area contributed by atoms with Crippen LogP contribution in [0.5, 0.6) is 11.5 Å². The Kier molecular flexibility index (Phi) is 4.87. The topological polar surface area (TPSA) is 56.5 Å². The molecule has 0 radical (unpaired) electrons. The summed E-state index contributed by atoms with van der Waals surface area (Å²) < 4.78 is 24.0. The molecule has 21 heavy (non-hydrogen) atoms. The minimum atomic E-state index is -0.475. The monoisotopic (exact) mass is 290 g/mol. The van der Waals surface area contributed by atoms with Gasteiger partial charge in [0.15, 0.2) is 11.6 Å². The largest absolute Gasteiger partial charge is 0.494 e. The van der Waals surface area contributed by atoms with Crippen LogP contribution in [-0.2, 0) is 0 Å². The highest BCUT2D eigenvalue weighted by Crippen LogP contribution is 2.27. The molecule has 3 N–H and O–H groups in total. The average molecular weight is 290 g/mol. The third-order valence-corrected chi connectivity index (χ3v) is 3.00. The molecule has 5 heteroatoms. The van der Waals surface area contributed by atoms with Crippen molar-refractivity contribution in [1.29, 1.82) is 0 Å². The quantitative estimate of drug-likeness (QED) is 0.633. The molecule has 0 fully saturated rings. The predicted molar refractivity (Wildman–Crippen MR) is 82.5 cm³/mol. The summed E-state index contributed by atoms with van der Waals surface area (Å²) in [5.41, 5.74) is 7.87. The highest BCUT2D eigenvalue weighted by atomic mass is 19.1. The summed E-state index contributed by atoms with van der Waals surface area (Å²) in [4.78, 5) is 0. The second-order valence-electron chi connectivity index (χ2n) is 4.67. The van der Waals surface area contributed by atoms with E-state index in [0.29, 0.717) is 24.5 Å². The minimum absolute atomic E-state index is 0.159. The van der Waals surface area contributed by atoms with Crippen LogP contribution in [-0.4, -0.2) is 20.3 Å². The van der Waals surface area contributed by atoms with E-state index in [0.717, 1.165) is 11.3 Å². The first-order valence-electron chi connectivity index (χ1n) is 6.66. The molecule has 0 saturated heterocycles. The van der Waals surface area contributed by atoms with Gasteiger partial charge in [0.1, 0.15) is 12.4 Å². The van der Waals surface area contributed by atoms with Crippen LogP contribution in [0, 0.1) is 12.7 Å². The Morgan fingerprint density at radius 2 is 2.05 bits per heavy atom. The first-order valence-corrected chi connectivity index (χ1v) is 6.66. The number of ether oxygens (including phenoxy) is 2. The normalized spacial score (nSPS) is 10.2. The Morgan fingerprint density at radius 1 is 1.24 bits per heavy atom. The van der Waals surface area contributed by atoms with Crippen LogP contribution in [0.1, 0.15) is 5.56 Å². The van der Waals surface area contributed by atoms with Crippen molar-refractivity contribution >= 4 is 11.4 Å². The van der Waals surface area contributed by atoms with Crippen molar-refractivity contribution in [2.45, 2.75) is 6.92 Å². The molecular weight excluding hydrogens is 271 g/mol. The molecule has 0 atom stereocenters. The van der Waals surface area contributed by atoms with E-state index < -0.39 is 5.82 Å². The van der Waals surface area contributed by atoms with Crippen LogP contribution in [0.25, 0.3) is 0 Å². The SMILES string of the molecule is COc1cc(NCCOc2cccc(C)c2)c(N)cc1F. The summed E-state index contributed by atoms with van der Waals surface area (Å²) in [6, 6.07) is 10.6. The molecule has 4 nitrogen and oxygen atoms in total. The number of hydrogen-bond acceptors (Lipinski definition) is 4. The molecule has 0 bridgehead atoms. The summed E-state index contributed by atoms with van der Waals surface area (Å²) in [6.45, 7) is 3.03. The Labute approximate surface area is 123 Å². The zero-order valence-electron chi connectivity index (χ0n) is 12.2. The van der Waals surface area contributed by atoms with Gasteiger partial charge in [-0.1, -0.05) is 12.1 Å². The summed E-state index contributed by atoms with van der Waals surface area (Å²) in [5, 5.41) is 3.10. The fraction of sp³-hybridized carbons (Fsp3) is 0.250. The number of aryl methyl sites for hydroxylation is 1. The number of hydrogen-bond donors (Lipinski definition) is 2. The Balaban J connectivity index is 1.89. The smallest absolute Gasteiger partial charge is 0.167 e. The molecule has 0 aromatic heterocycles. The molecule has 0 spiro atoms. The van der Waals surface area contributed by atoms with Crippen molar-refractivity contribution < 1.29 is 13.9 Å². The van der Waals surface area contributed by atoms with Crippen molar-refractivity contribution in [2.75, 3.05) is 31.3 Å². The molecular formula is C16H19FN2O2. The number of methoxy groups -OCH3 is 1. The molecule has 2 aromatic carbocycles. The molecule has 0 aliphatic heterocycles. The maximum absolute atomic E-state index is 13.4. The third-order valence-electron chi connectivity index (χ3n) is 3.00. The Morgan fingerprint density at radius 3 is 2.76 bits per heavy atom. The fourth-order valence-corrected chi connectivity index (χ4v) is 1.94. The highest BCUT2D eigenvalue weighted by molar-refractivity contribution is 5.68. The van der Waals surface area contributed by atoms with Gasteiger partial charge in [-0.15, -0.1) is 0 Å². The van der Waals surface area contributed by atoms with Crippen molar-refractivity contribution in [3.8, 4) is 11.5 Å². The molecule has 0 unspecified atom stereocenters. The number of halogens is 1. The first kappa shape index (κ1) is 15.0. The van der Waals surface area contributed by atoms with E-state index in [4.69, 9.17) is 15.2 Å². The average Bonchev–Trinajstić information content (AvgIpc) is 2.45. The van der Waals surface area contributed by atoms with Gasteiger partial charge in [0.2, 0.25) is 0 Å². The van der Waals surface area contributed by atoms with Gasteiger partial charge in [-0.25, -0.2) is 4.39 Å². The van der Waals surface area contributed by atoms with Crippen LogP contribution < -0.4 is 20.5 Å². The molecule has 0 saturated carbocycles. The maximum atomic E-state index is 13.4. The maximum Gasteiger partial charge on any atom is 0.167 e. The second kappa shape index (κ2) is 6.83. The van der Waals surface area contributed by atoms with Gasteiger partial charge in [0.25, 0.3) is 0 Å². The number of nitrogens with one attached hydrogen (secondary N) is 1.